The second-order valence-corrected chi connectivity index (χ2v) is 7.70. The molecule has 0 bridgehead atoms. The minimum absolute atomic E-state index is 0.0342. The molecule has 2 aromatic carbocycles. The van der Waals surface area contributed by atoms with Crippen LogP contribution >= 0.6 is 11.3 Å². The topological polar surface area (TPSA) is 77.4 Å². The van der Waals surface area contributed by atoms with Gasteiger partial charge in [-0.2, -0.15) is 0 Å². The first-order chi connectivity index (χ1) is 14.5. The number of amides is 1. The molecule has 1 heterocycles. The summed E-state index contributed by atoms with van der Waals surface area (Å²) in [4.78, 5) is 36.1. The number of nitrogens with zero attached hydrogens (tertiary/aromatic N) is 1. The molecule has 6 nitrogen and oxygen atoms in total. The number of aromatic nitrogens is 1. The fourth-order valence-corrected chi connectivity index (χ4v) is 3.89. The van der Waals surface area contributed by atoms with Gasteiger partial charge in [-0.3, -0.25) is 14.4 Å². The molecule has 0 saturated heterocycles. The Hall–Kier alpha value is -3.19. The van der Waals surface area contributed by atoms with Gasteiger partial charge in [0.1, 0.15) is 0 Å². The summed E-state index contributed by atoms with van der Waals surface area (Å²) in [5.74, 6) is -0.826. The Morgan fingerprint density at radius 3 is 2.17 bits per heavy atom. The van der Waals surface area contributed by atoms with Crippen molar-refractivity contribution in [1.29, 1.82) is 0 Å². The highest BCUT2D eigenvalue weighted by molar-refractivity contribution is 7.07. The summed E-state index contributed by atoms with van der Waals surface area (Å²) in [7, 11) is 0. The molecule has 0 fully saturated rings. The summed E-state index contributed by atoms with van der Waals surface area (Å²) in [5.41, 5.74) is 2.77. The first-order valence-electron chi connectivity index (χ1n) is 9.74. The van der Waals surface area contributed by atoms with Crippen LogP contribution in [0.1, 0.15) is 35.7 Å². The molecule has 0 saturated carbocycles. The maximum atomic E-state index is 12.4. The standard InChI is InChI=1S/C23H24N2O4S/c1-17-16-30-23(28)25(17)14-8-13-21(27)29-15-20(26)24-22(18-9-4-2-5-10-18)19-11-6-3-7-12-19/h2-7,9-12,16,22H,8,13-15H2,1H3,(H,24,26). The predicted octanol–water partition coefficient (Wildman–Crippen LogP) is 3.45. The van der Waals surface area contributed by atoms with E-state index >= 15 is 0 Å². The predicted molar refractivity (Wildman–Crippen MR) is 116 cm³/mol. The van der Waals surface area contributed by atoms with E-state index in [2.05, 4.69) is 5.32 Å². The largest absolute Gasteiger partial charge is 0.456 e. The zero-order valence-electron chi connectivity index (χ0n) is 16.7. The van der Waals surface area contributed by atoms with Crippen LogP contribution in [0.5, 0.6) is 0 Å². The SMILES string of the molecule is Cc1csc(=O)n1CCCC(=O)OCC(=O)NC(c1ccccc1)c1ccccc1. The van der Waals surface area contributed by atoms with E-state index < -0.39 is 5.97 Å². The molecule has 0 spiro atoms. The Morgan fingerprint density at radius 2 is 1.63 bits per heavy atom. The third-order valence-corrected chi connectivity index (χ3v) is 5.56. The Balaban J connectivity index is 1.50. The number of aryl methyl sites for hydroxylation is 1. The average Bonchev–Trinajstić information content (AvgIpc) is 3.09. The number of hydrogen-bond acceptors (Lipinski definition) is 5. The van der Waals surface area contributed by atoms with E-state index in [0.29, 0.717) is 13.0 Å². The molecule has 3 rings (SSSR count). The number of ether oxygens (including phenoxy) is 1. The lowest BCUT2D eigenvalue weighted by Gasteiger charge is -2.20. The van der Waals surface area contributed by atoms with Gasteiger partial charge in [0, 0.05) is 24.0 Å². The maximum Gasteiger partial charge on any atom is 0.307 e. The number of esters is 1. The number of thiazole rings is 1. The van der Waals surface area contributed by atoms with Crippen LogP contribution in [0, 0.1) is 6.92 Å². The van der Waals surface area contributed by atoms with Crippen LogP contribution in [0.15, 0.2) is 70.8 Å². The van der Waals surface area contributed by atoms with Crippen LogP contribution in [0.3, 0.4) is 0 Å². The van der Waals surface area contributed by atoms with Crippen LogP contribution in [-0.2, 0) is 20.9 Å². The summed E-state index contributed by atoms with van der Waals surface area (Å²) < 4.78 is 6.75. The fraction of sp³-hybridized carbons (Fsp3) is 0.261. The highest BCUT2D eigenvalue weighted by atomic mass is 32.1. The molecule has 30 heavy (non-hydrogen) atoms. The Labute approximate surface area is 179 Å². The van der Waals surface area contributed by atoms with Gasteiger partial charge in [-0.1, -0.05) is 72.0 Å². The summed E-state index contributed by atoms with van der Waals surface area (Å²) in [6.07, 6.45) is 0.629. The van der Waals surface area contributed by atoms with E-state index in [-0.39, 0.29) is 29.8 Å². The summed E-state index contributed by atoms with van der Waals surface area (Å²) in [6, 6.07) is 18.9. The zero-order chi connectivity index (χ0) is 21.3. The Bertz CT molecular complexity index is 989. The Kier molecular flexibility index (Phi) is 7.57. The van der Waals surface area contributed by atoms with Gasteiger partial charge in [0.15, 0.2) is 6.61 Å². The molecule has 7 heteroatoms. The molecule has 1 amide bonds. The molecule has 3 aromatic rings. The van der Waals surface area contributed by atoms with Crippen molar-refractivity contribution in [1.82, 2.24) is 9.88 Å². The quantitative estimate of drug-likeness (QED) is 0.534. The van der Waals surface area contributed by atoms with Gasteiger partial charge in [-0.15, -0.1) is 0 Å². The van der Waals surface area contributed by atoms with Crippen molar-refractivity contribution in [3.05, 3.63) is 92.5 Å². The number of carbonyl (C=O) groups excluding carboxylic acids is 2. The number of rotatable bonds is 9. The summed E-state index contributed by atoms with van der Waals surface area (Å²) >= 11 is 1.14. The van der Waals surface area contributed by atoms with Crippen LogP contribution < -0.4 is 10.2 Å². The lowest BCUT2D eigenvalue weighted by atomic mass is 9.99. The lowest BCUT2D eigenvalue weighted by Crippen LogP contribution is -2.33. The molecule has 1 aromatic heterocycles. The van der Waals surface area contributed by atoms with Crippen molar-refractivity contribution in [3.63, 3.8) is 0 Å². The second kappa shape index (κ2) is 10.5. The molecule has 1 N–H and O–H groups in total. The van der Waals surface area contributed by atoms with Crippen molar-refractivity contribution in [3.8, 4) is 0 Å². The molecule has 0 unspecified atom stereocenters. The maximum absolute atomic E-state index is 12.4. The smallest absolute Gasteiger partial charge is 0.307 e. The van der Waals surface area contributed by atoms with Gasteiger partial charge in [-0.05, 0) is 24.5 Å². The van der Waals surface area contributed by atoms with Crippen molar-refractivity contribution in [2.75, 3.05) is 6.61 Å². The van der Waals surface area contributed by atoms with Gasteiger partial charge in [0.05, 0.1) is 6.04 Å². The van der Waals surface area contributed by atoms with Crippen LogP contribution in [0.25, 0.3) is 0 Å². The van der Waals surface area contributed by atoms with Crippen LogP contribution in [0.4, 0.5) is 0 Å². The van der Waals surface area contributed by atoms with Crippen LogP contribution in [0.2, 0.25) is 0 Å². The Morgan fingerprint density at radius 1 is 1.03 bits per heavy atom. The molecule has 156 valence electrons. The number of benzene rings is 2. The van der Waals surface area contributed by atoms with E-state index in [9.17, 15) is 14.4 Å². The second-order valence-electron chi connectivity index (χ2n) is 6.88. The van der Waals surface area contributed by atoms with Crippen molar-refractivity contribution < 1.29 is 14.3 Å². The lowest BCUT2D eigenvalue weighted by molar-refractivity contribution is -0.148. The van der Waals surface area contributed by atoms with E-state index in [4.69, 9.17) is 4.74 Å². The van der Waals surface area contributed by atoms with E-state index in [0.717, 1.165) is 28.2 Å². The zero-order valence-corrected chi connectivity index (χ0v) is 17.6. The molecule has 0 aliphatic rings. The molecular weight excluding hydrogens is 400 g/mol. The minimum atomic E-state index is -0.456. The fourth-order valence-electron chi connectivity index (χ4n) is 3.13. The van der Waals surface area contributed by atoms with Crippen molar-refractivity contribution in [2.24, 2.45) is 0 Å². The molecule has 0 atom stereocenters. The highest BCUT2D eigenvalue weighted by Crippen LogP contribution is 2.21. The molecule has 0 radical (unpaired) electrons. The van der Waals surface area contributed by atoms with Gasteiger partial charge in [0.2, 0.25) is 0 Å². The van der Waals surface area contributed by atoms with Crippen molar-refractivity contribution >= 4 is 23.2 Å². The highest BCUT2D eigenvalue weighted by Gasteiger charge is 2.17. The van der Waals surface area contributed by atoms with Crippen molar-refractivity contribution in [2.45, 2.75) is 32.4 Å². The van der Waals surface area contributed by atoms with E-state index in [1.54, 1.807) is 9.95 Å². The number of carbonyl (C=O) groups is 2. The summed E-state index contributed by atoms with van der Waals surface area (Å²) in [5, 5.41) is 4.73. The molecule has 0 aliphatic heterocycles. The van der Waals surface area contributed by atoms with Gasteiger partial charge >= 0.3 is 10.8 Å². The monoisotopic (exact) mass is 424 g/mol. The minimum Gasteiger partial charge on any atom is -0.456 e. The third kappa shape index (κ3) is 5.90. The number of hydrogen-bond donors (Lipinski definition) is 1. The van der Waals surface area contributed by atoms with Gasteiger partial charge < -0.3 is 14.6 Å². The van der Waals surface area contributed by atoms with Crippen LogP contribution in [-0.4, -0.2) is 23.1 Å². The molecule has 0 aliphatic carbocycles. The first kappa shape index (κ1) is 21.5. The van der Waals surface area contributed by atoms with Gasteiger partial charge in [-0.25, -0.2) is 0 Å². The first-order valence-corrected chi connectivity index (χ1v) is 10.6. The summed E-state index contributed by atoms with van der Waals surface area (Å²) in [6.45, 7) is 1.97. The number of nitrogens with one attached hydrogen (secondary N) is 1. The average molecular weight is 425 g/mol. The normalized spacial score (nSPS) is 10.7. The van der Waals surface area contributed by atoms with Gasteiger partial charge in [0.25, 0.3) is 5.91 Å². The van der Waals surface area contributed by atoms with E-state index in [1.165, 1.54) is 0 Å². The molecular formula is C23H24N2O4S. The van der Waals surface area contributed by atoms with E-state index in [1.807, 2.05) is 67.6 Å². The third-order valence-electron chi connectivity index (χ3n) is 4.67.